The molecule has 0 aliphatic carbocycles. The standard InChI is InChI=1S/C10H7Br.C8H8O2/c11-10-7-3-5-8-4-1-2-6-9(8)10;1-10-8(9)7-5-3-2-4-6-7/h1-7H;2-6H,1H3. The Morgan fingerprint density at radius 2 is 1.48 bits per heavy atom. The van der Waals surface area contributed by atoms with Gasteiger partial charge >= 0.3 is 5.97 Å². The van der Waals surface area contributed by atoms with Crippen molar-refractivity contribution in [1.29, 1.82) is 0 Å². The molecule has 106 valence electrons. The smallest absolute Gasteiger partial charge is 0.337 e. The fourth-order valence-corrected chi connectivity index (χ4v) is 2.39. The van der Waals surface area contributed by atoms with Gasteiger partial charge in [-0.1, -0.05) is 70.5 Å². The third-order valence-corrected chi connectivity index (χ3v) is 3.62. The van der Waals surface area contributed by atoms with Crippen LogP contribution in [-0.2, 0) is 4.74 Å². The maximum atomic E-state index is 10.8. The number of carbonyl (C=O) groups excluding carboxylic acids is 1. The summed E-state index contributed by atoms with van der Waals surface area (Å²) in [6, 6.07) is 23.4. The number of rotatable bonds is 1. The minimum Gasteiger partial charge on any atom is -0.465 e. The van der Waals surface area contributed by atoms with E-state index in [1.54, 1.807) is 24.3 Å². The van der Waals surface area contributed by atoms with E-state index < -0.39 is 0 Å². The molecule has 0 saturated heterocycles. The Morgan fingerprint density at radius 3 is 2.14 bits per heavy atom. The number of carbonyl (C=O) groups is 1. The first-order chi connectivity index (χ1) is 10.2. The van der Waals surface area contributed by atoms with E-state index >= 15 is 0 Å². The number of hydrogen-bond acceptors (Lipinski definition) is 2. The van der Waals surface area contributed by atoms with Crippen molar-refractivity contribution in [2.24, 2.45) is 0 Å². The Morgan fingerprint density at radius 1 is 0.857 bits per heavy atom. The zero-order valence-electron chi connectivity index (χ0n) is 11.6. The number of halogens is 1. The van der Waals surface area contributed by atoms with Crippen molar-refractivity contribution < 1.29 is 9.53 Å². The molecule has 2 nitrogen and oxygen atoms in total. The quantitative estimate of drug-likeness (QED) is 0.576. The van der Waals surface area contributed by atoms with Gasteiger partial charge in [-0.3, -0.25) is 0 Å². The summed E-state index contributed by atoms with van der Waals surface area (Å²) in [5.74, 6) is -0.291. The molecule has 21 heavy (non-hydrogen) atoms. The highest BCUT2D eigenvalue weighted by Gasteiger charge is 2.00. The minimum absolute atomic E-state index is 0.291. The summed E-state index contributed by atoms with van der Waals surface area (Å²) in [5.41, 5.74) is 0.588. The first kappa shape index (κ1) is 15.3. The van der Waals surface area contributed by atoms with Crippen LogP contribution in [0.15, 0.2) is 77.3 Å². The maximum absolute atomic E-state index is 10.8. The molecular formula is C18H15BrO2. The Balaban J connectivity index is 0.000000155. The van der Waals surface area contributed by atoms with Gasteiger partial charge in [0, 0.05) is 4.47 Å². The van der Waals surface area contributed by atoms with Crippen molar-refractivity contribution in [1.82, 2.24) is 0 Å². The van der Waals surface area contributed by atoms with Crippen LogP contribution >= 0.6 is 15.9 Å². The highest BCUT2D eigenvalue weighted by Crippen LogP contribution is 2.22. The van der Waals surface area contributed by atoms with Crippen LogP contribution in [0.1, 0.15) is 10.4 Å². The first-order valence-electron chi connectivity index (χ1n) is 6.49. The number of ether oxygens (including phenoxy) is 1. The molecule has 0 atom stereocenters. The van der Waals surface area contributed by atoms with E-state index in [2.05, 4.69) is 51.0 Å². The van der Waals surface area contributed by atoms with Gasteiger partial charge in [-0.25, -0.2) is 4.79 Å². The molecule has 0 radical (unpaired) electrons. The molecular weight excluding hydrogens is 328 g/mol. The third kappa shape index (κ3) is 4.17. The van der Waals surface area contributed by atoms with Gasteiger partial charge < -0.3 is 4.74 Å². The van der Waals surface area contributed by atoms with Gasteiger partial charge in [0.2, 0.25) is 0 Å². The predicted octanol–water partition coefficient (Wildman–Crippen LogP) is 5.08. The summed E-state index contributed by atoms with van der Waals surface area (Å²) in [5, 5.41) is 2.55. The molecule has 0 aliphatic heterocycles. The lowest BCUT2D eigenvalue weighted by Crippen LogP contribution is -1.99. The van der Waals surface area contributed by atoms with Crippen molar-refractivity contribution in [2.75, 3.05) is 7.11 Å². The van der Waals surface area contributed by atoms with Crippen LogP contribution in [0.2, 0.25) is 0 Å². The SMILES string of the molecule is Brc1cccc2ccccc12.COC(=O)c1ccccc1. The van der Waals surface area contributed by atoms with Crippen LogP contribution in [-0.4, -0.2) is 13.1 Å². The second kappa shape index (κ2) is 7.60. The van der Waals surface area contributed by atoms with Crippen molar-refractivity contribution in [3.8, 4) is 0 Å². The predicted molar refractivity (Wildman–Crippen MR) is 89.4 cm³/mol. The van der Waals surface area contributed by atoms with Gasteiger partial charge in [0.15, 0.2) is 0 Å². The van der Waals surface area contributed by atoms with Crippen LogP contribution in [0.5, 0.6) is 0 Å². The van der Waals surface area contributed by atoms with Crippen molar-refractivity contribution in [2.45, 2.75) is 0 Å². The molecule has 0 spiro atoms. The first-order valence-corrected chi connectivity index (χ1v) is 7.28. The number of benzene rings is 3. The Hall–Kier alpha value is -2.13. The maximum Gasteiger partial charge on any atom is 0.337 e. The number of fused-ring (bicyclic) bond motifs is 1. The molecule has 3 heteroatoms. The highest BCUT2D eigenvalue weighted by molar-refractivity contribution is 9.10. The van der Waals surface area contributed by atoms with Crippen molar-refractivity contribution in [3.05, 3.63) is 82.8 Å². The fourth-order valence-electron chi connectivity index (χ4n) is 1.88. The van der Waals surface area contributed by atoms with Gasteiger partial charge in [-0.15, -0.1) is 0 Å². The molecule has 3 aromatic carbocycles. The Bertz CT molecular complexity index is 718. The summed E-state index contributed by atoms with van der Waals surface area (Å²) < 4.78 is 5.66. The van der Waals surface area contributed by atoms with E-state index in [0.717, 1.165) is 4.47 Å². The summed E-state index contributed by atoms with van der Waals surface area (Å²) in [7, 11) is 1.37. The lowest BCUT2D eigenvalue weighted by Gasteiger charge is -1.97. The molecule has 0 aliphatic rings. The van der Waals surface area contributed by atoms with E-state index in [1.807, 2.05) is 18.2 Å². The largest absolute Gasteiger partial charge is 0.465 e. The monoisotopic (exact) mass is 342 g/mol. The number of hydrogen-bond donors (Lipinski definition) is 0. The lowest BCUT2D eigenvalue weighted by molar-refractivity contribution is 0.0601. The van der Waals surface area contributed by atoms with Crippen LogP contribution in [0, 0.1) is 0 Å². The van der Waals surface area contributed by atoms with E-state index in [1.165, 1.54) is 17.9 Å². The molecule has 0 N–H and O–H groups in total. The zero-order valence-corrected chi connectivity index (χ0v) is 13.2. The van der Waals surface area contributed by atoms with E-state index in [0.29, 0.717) is 5.56 Å². The summed E-state index contributed by atoms with van der Waals surface area (Å²) in [4.78, 5) is 10.8. The lowest BCUT2D eigenvalue weighted by atomic mass is 10.1. The van der Waals surface area contributed by atoms with Gasteiger partial charge in [0.1, 0.15) is 0 Å². The molecule has 0 heterocycles. The third-order valence-electron chi connectivity index (χ3n) is 2.93. The molecule has 0 bridgehead atoms. The van der Waals surface area contributed by atoms with E-state index in [4.69, 9.17) is 0 Å². The minimum atomic E-state index is -0.291. The van der Waals surface area contributed by atoms with Gasteiger partial charge in [-0.05, 0) is 29.0 Å². The van der Waals surface area contributed by atoms with Gasteiger partial charge in [0.05, 0.1) is 12.7 Å². The topological polar surface area (TPSA) is 26.3 Å². The molecule has 0 unspecified atom stereocenters. The highest BCUT2D eigenvalue weighted by atomic mass is 79.9. The second-order valence-electron chi connectivity index (χ2n) is 4.32. The molecule has 0 saturated carbocycles. The zero-order chi connectivity index (χ0) is 15.1. The van der Waals surface area contributed by atoms with Crippen molar-refractivity contribution >= 4 is 32.7 Å². The second-order valence-corrected chi connectivity index (χ2v) is 5.17. The molecule has 0 aromatic heterocycles. The molecule has 3 rings (SSSR count). The summed E-state index contributed by atoms with van der Waals surface area (Å²) in [6.07, 6.45) is 0. The molecule has 3 aromatic rings. The van der Waals surface area contributed by atoms with Gasteiger partial charge in [0.25, 0.3) is 0 Å². The Kier molecular flexibility index (Phi) is 5.52. The van der Waals surface area contributed by atoms with E-state index in [9.17, 15) is 4.79 Å². The van der Waals surface area contributed by atoms with Crippen LogP contribution in [0.4, 0.5) is 0 Å². The number of esters is 1. The number of methoxy groups -OCH3 is 1. The molecule has 0 fully saturated rings. The summed E-state index contributed by atoms with van der Waals surface area (Å²) in [6.45, 7) is 0. The van der Waals surface area contributed by atoms with Crippen LogP contribution in [0.25, 0.3) is 10.8 Å². The average molecular weight is 343 g/mol. The fraction of sp³-hybridized carbons (Fsp3) is 0.0556. The normalized spacial score (nSPS) is 9.62. The average Bonchev–Trinajstić information content (AvgIpc) is 2.56. The van der Waals surface area contributed by atoms with Crippen LogP contribution in [0.3, 0.4) is 0 Å². The van der Waals surface area contributed by atoms with E-state index in [-0.39, 0.29) is 5.97 Å². The van der Waals surface area contributed by atoms with Gasteiger partial charge in [-0.2, -0.15) is 0 Å². The van der Waals surface area contributed by atoms with Crippen LogP contribution < -0.4 is 0 Å². The summed E-state index contributed by atoms with van der Waals surface area (Å²) >= 11 is 3.50. The molecule has 0 amide bonds. The Labute approximate surface area is 132 Å². The van der Waals surface area contributed by atoms with Crippen molar-refractivity contribution in [3.63, 3.8) is 0 Å².